The number of thiocarbonyl (C=S) groups is 1. The number of hydrogen-bond donors (Lipinski definition) is 0. The van der Waals surface area contributed by atoms with E-state index in [0.717, 1.165) is 18.9 Å². The molecular formula is C18H18ClF3N2O2S. The second-order valence-electron chi connectivity index (χ2n) is 7.19. The number of benzene rings is 1. The van der Waals surface area contributed by atoms with Crippen LogP contribution in [-0.4, -0.2) is 41.0 Å². The van der Waals surface area contributed by atoms with Gasteiger partial charge in [-0.15, -0.1) is 0 Å². The molecule has 1 aliphatic carbocycles. The SMILES string of the molecule is O=C1C2CCCCN2C(=S)N1c1cc(OCCC2CC2(F)F)c(Cl)cc1F. The summed E-state index contributed by atoms with van der Waals surface area (Å²) in [4.78, 5) is 15.8. The van der Waals surface area contributed by atoms with E-state index in [-0.39, 0.29) is 53.0 Å². The van der Waals surface area contributed by atoms with Crippen molar-refractivity contribution in [2.24, 2.45) is 5.92 Å². The fourth-order valence-electron chi connectivity index (χ4n) is 3.71. The number of amides is 1. The van der Waals surface area contributed by atoms with Crippen molar-refractivity contribution in [3.05, 3.63) is 23.0 Å². The minimum atomic E-state index is -2.61. The Balaban J connectivity index is 1.54. The second-order valence-corrected chi connectivity index (χ2v) is 7.97. The number of fused-ring (bicyclic) bond motifs is 1. The number of ether oxygens (including phenoxy) is 1. The maximum Gasteiger partial charge on any atom is 0.256 e. The topological polar surface area (TPSA) is 32.8 Å². The molecule has 1 aromatic rings. The van der Waals surface area contributed by atoms with Crippen LogP contribution < -0.4 is 9.64 Å². The van der Waals surface area contributed by atoms with Crippen molar-refractivity contribution < 1.29 is 22.7 Å². The lowest BCUT2D eigenvalue weighted by Gasteiger charge is -2.27. The van der Waals surface area contributed by atoms with E-state index < -0.39 is 17.7 Å². The van der Waals surface area contributed by atoms with E-state index >= 15 is 0 Å². The van der Waals surface area contributed by atoms with Gasteiger partial charge in [-0.2, -0.15) is 0 Å². The number of nitrogens with zero attached hydrogens (tertiary/aromatic N) is 2. The molecule has 0 bridgehead atoms. The molecule has 2 saturated heterocycles. The van der Waals surface area contributed by atoms with Gasteiger partial charge in [0.15, 0.2) is 5.11 Å². The van der Waals surface area contributed by atoms with Crippen molar-refractivity contribution in [1.29, 1.82) is 0 Å². The van der Waals surface area contributed by atoms with Crippen LogP contribution in [-0.2, 0) is 4.79 Å². The minimum Gasteiger partial charge on any atom is -0.492 e. The van der Waals surface area contributed by atoms with E-state index in [0.29, 0.717) is 13.0 Å². The summed E-state index contributed by atoms with van der Waals surface area (Å²) in [5.41, 5.74) is -0.0180. The summed E-state index contributed by atoms with van der Waals surface area (Å²) >= 11 is 11.4. The van der Waals surface area contributed by atoms with Gasteiger partial charge in [-0.3, -0.25) is 9.69 Å². The summed E-state index contributed by atoms with van der Waals surface area (Å²) in [5, 5.41) is 0.295. The summed E-state index contributed by atoms with van der Waals surface area (Å²) in [6.07, 6.45) is 2.59. The van der Waals surface area contributed by atoms with E-state index in [1.807, 2.05) is 4.90 Å². The van der Waals surface area contributed by atoms with Gasteiger partial charge in [-0.1, -0.05) is 11.6 Å². The summed E-state index contributed by atoms with van der Waals surface area (Å²) in [6, 6.07) is 2.03. The molecule has 2 atom stereocenters. The average molecular weight is 419 g/mol. The lowest BCUT2D eigenvalue weighted by Crippen LogP contribution is -2.38. The van der Waals surface area contributed by atoms with Crippen LogP contribution in [0.2, 0.25) is 5.02 Å². The molecule has 4 rings (SSSR count). The molecule has 1 amide bonds. The minimum absolute atomic E-state index is 0.0180. The monoisotopic (exact) mass is 418 g/mol. The largest absolute Gasteiger partial charge is 0.492 e. The van der Waals surface area contributed by atoms with E-state index in [4.69, 9.17) is 28.6 Å². The Hall–Kier alpha value is -1.54. The lowest BCUT2D eigenvalue weighted by atomic mass is 10.0. The summed E-state index contributed by atoms with van der Waals surface area (Å²) in [7, 11) is 0. The number of rotatable bonds is 5. The zero-order chi connectivity index (χ0) is 19.3. The van der Waals surface area contributed by atoms with Crippen LogP contribution in [0.3, 0.4) is 0 Å². The van der Waals surface area contributed by atoms with Gasteiger partial charge in [0, 0.05) is 24.9 Å². The molecule has 3 fully saturated rings. The highest BCUT2D eigenvalue weighted by Gasteiger charge is 2.56. The molecule has 0 radical (unpaired) electrons. The van der Waals surface area contributed by atoms with Crippen molar-refractivity contribution in [3.63, 3.8) is 0 Å². The van der Waals surface area contributed by atoms with Gasteiger partial charge in [0.25, 0.3) is 11.8 Å². The smallest absolute Gasteiger partial charge is 0.256 e. The summed E-state index contributed by atoms with van der Waals surface area (Å²) in [6.45, 7) is 0.706. The van der Waals surface area contributed by atoms with Crippen LogP contribution in [0.15, 0.2) is 12.1 Å². The standard InChI is InChI=1S/C18H18ClF3N2O2S/c19-11-7-12(20)14(8-15(11)26-6-4-10-9-18(10,21)22)24-16(25)13-3-1-2-5-23(13)17(24)27/h7-8,10,13H,1-6,9H2. The van der Waals surface area contributed by atoms with E-state index in [1.165, 1.54) is 11.0 Å². The van der Waals surface area contributed by atoms with E-state index in [9.17, 15) is 18.0 Å². The van der Waals surface area contributed by atoms with Crippen molar-refractivity contribution >= 4 is 40.5 Å². The second kappa shape index (κ2) is 6.81. The van der Waals surface area contributed by atoms with Crippen molar-refractivity contribution in [3.8, 4) is 5.75 Å². The van der Waals surface area contributed by atoms with Crippen molar-refractivity contribution in [1.82, 2.24) is 4.90 Å². The zero-order valence-electron chi connectivity index (χ0n) is 14.4. The first-order valence-corrected chi connectivity index (χ1v) is 9.72. The van der Waals surface area contributed by atoms with Gasteiger partial charge < -0.3 is 9.64 Å². The number of carbonyl (C=O) groups is 1. The highest BCUT2D eigenvalue weighted by atomic mass is 35.5. The molecule has 0 aromatic heterocycles. The van der Waals surface area contributed by atoms with Gasteiger partial charge >= 0.3 is 0 Å². The first-order valence-electron chi connectivity index (χ1n) is 8.94. The van der Waals surface area contributed by atoms with Crippen LogP contribution in [0.4, 0.5) is 18.9 Å². The maximum atomic E-state index is 14.6. The molecule has 0 N–H and O–H groups in total. The fraction of sp³-hybridized carbons (Fsp3) is 0.556. The lowest BCUT2D eigenvalue weighted by molar-refractivity contribution is -0.120. The van der Waals surface area contributed by atoms with Crippen LogP contribution in [0, 0.1) is 11.7 Å². The first-order chi connectivity index (χ1) is 12.8. The third kappa shape index (κ3) is 3.38. The Morgan fingerprint density at radius 2 is 2.07 bits per heavy atom. The van der Waals surface area contributed by atoms with Gasteiger partial charge in [-0.25, -0.2) is 13.2 Å². The first kappa shape index (κ1) is 18.8. The molecule has 3 aliphatic rings. The average Bonchev–Trinajstić information content (AvgIpc) is 3.15. The molecule has 2 heterocycles. The van der Waals surface area contributed by atoms with E-state index in [1.54, 1.807) is 0 Å². The molecule has 2 aliphatic heterocycles. The predicted octanol–water partition coefficient (Wildman–Crippen LogP) is 4.39. The van der Waals surface area contributed by atoms with E-state index in [2.05, 4.69) is 0 Å². The highest BCUT2D eigenvalue weighted by molar-refractivity contribution is 7.80. The number of alkyl halides is 2. The third-order valence-corrected chi connectivity index (χ3v) is 6.08. The number of hydrogen-bond acceptors (Lipinski definition) is 3. The number of anilines is 1. The molecule has 1 aromatic carbocycles. The van der Waals surface area contributed by atoms with Crippen LogP contribution in [0.25, 0.3) is 0 Å². The molecule has 1 saturated carbocycles. The van der Waals surface area contributed by atoms with Crippen LogP contribution >= 0.6 is 23.8 Å². The summed E-state index contributed by atoms with van der Waals surface area (Å²) < 4.78 is 46.0. The number of halogens is 4. The third-order valence-electron chi connectivity index (χ3n) is 5.37. The molecule has 0 spiro atoms. The molecule has 4 nitrogen and oxygen atoms in total. The maximum absolute atomic E-state index is 14.6. The molecular weight excluding hydrogens is 401 g/mol. The molecule has 2 unspecified atom stereocenters. The van der Waals surface area contributed by atoms with Gasteiger partial charge in [0.2, 0.25) is 0 Å². The normalized spacial score (nSPS) is 26.4. The van der Waals surface area contributed by atoms with Crippen LogP contribution in [0.5, 0.6) is 5.75 Å². The Labute approximate surface area is 165 Å². The van der Waals surface area contributed by atoms with Crippen molar-refractivity contribution in [2.45, 2.75) is 44.1 Å². The highest BCUT2D eigenvalue weighted by Crippen LogP contribution is 2.50. The predicted molar refractivity (Wildman–Crippen MR) is 99.0 cm³/mol. The Kier molecular flexibility index (Phi) is 4.74. The molecule has 27 heavy (non-hydrogen) atoms. The summed E-state index contributed by atoms with van der Waals surface area (Å²) in [5.74, 6) is -4.08. The van der Waals surface area contributed by atoms with Gasteiger partial charge in [-0.05, 0) is 44.0 Å². The Bertz CT molecular complexity index is 783. The fourth-order valence-corrected chi connectivity index (χ4v) is 4.32. The van der Waals surface area contributed by atoms with Gasteiger partial charge in [0.1, 0.15) is 17.6 Å². The number of piperidine rings is 1. The Morgan fingerprint density at radius 3 is 2.74 bits per heavy atom. The number of carbonyl (C=O) groups excluding carboxylic acids is 1. The van der Waals surface area contributed by atoms with Crippen molar-refractivity contribution in [2.75, 3.05) is 18.1 Å². The van der Waals surface area contributed by atoms with Crippen LogP contribution in [0.1, 0.15) is 32.1 Å². The quantitative estimate of drug-likeness (QED) is 0.664. The Morgan fingerprint density at radius 1 is 1.33 bits per heavy atom. The van der Waals surface area contributed by atoms with Gasteiger partial charge in [0.05, 0.1) is 17.3 Å². The molecule has 9 heteroatoms. The zero-order valence-corrected chi connectivity index (χ0v) is 16.0. The molecule has 146 valence electrons.